The Kier molecular flexibility index (Phi) is 7.73. The summed E-state index contributed by atoms with van der Waals surface area (Å²) in [5.74, 6) is -0.976. The Balaban J connectivity index is 2.15. The van der Waals surface area contributed by atoms with E-state index in [1.54, 1.807) is 30.3 Å². The first-order chi connectivity index (χ1) is 13.1. The zero-order chi connectivity index (χ0) is 20.9. The molecule has 1 heterocycles. The molecule has 1 aliphatic rings. The van der Waals surface area contributed by atoms with Crippen molar-refractivity contribution in [1.29, 1.82) is 0 Å². The number of hydrogen-bond donors (Lipinski definition) is 2. The van der Waals surface area contributed by atoms with Gasteiger partial charge in [0.25, 0.3) is 0 Å². The fraction of sp³-hybridized carbons (Fsp3) is 0.438. The van der Waals surface area contributed by atoms with Gasteiger partial charge in [-0.1, -0.05) is 65.1 Å². The molecule has 3 amide bonds. The Morgan fingerprint density at radius 1 is 1.36 bits per heavy atom. The summed E-state index contributed by atoms with van der Waals surface area (Å²) in [5.41, 5.74) is 2.75. The number of rotatable bonds is 6. The summed E-state index contributed by atoms with van der Waals surface area (Å²) in [6.07, 6.45) is -2.61. The highest BCUT2D eigenvalue weighted by atomic mass is 35.6. The van der Waals surface area contributed by atoms with Crippen molar-refractivity contribution in [2.45, 2.75) is 29.3 Å². The van der Waals surface area contributed by atoms with E-state index in [9.17, 15) is 19.5 Å². The molecule has 154 valence electrons. The number of urea groups is 1. The quantitative estimate of drug-likeness (QED) is 0.502. The molecule has 2 rings (SSSR count). The van der Waals surface area contributed by atoms with E-state index in [1.165, 1.54) is 6.92 Å². The molecule has 0 unspecified atom stereocenters. The Bertz CT molecular complexity index is 715. The van der Waals surface area contributed by atoms with Crippen LogP contribution in [0.3, 0.4) is 0 Å². The van der Waals surface area contributed by atoms with E-state index in [4.69, 9.17) is 44.4 Å². The number of benzene rings is 1. The average molecular weight is 455 g/mol. The second kappa shape index (κ2) is 9.62. The lowest BCUT2D eigenvalue weighted by Crippen LogP contribution is -2.54. The molecule has 1 aromatic rings. The normalized spacial score (nSPS) is 16.5. The molecule has 0 saturated carbocycles. The van der Waals surface area contributed by atoms with Crippen LogP contribution in [0.4, 0.5) is 9.59 Å². The van der Waals surface area contributed by atoms with Crippen LogP contribution in [-0.4, -0.2) is 56.3 Å². The van der Waals surface area contributed by atoms with Crippen LogP contribution in [0.2, 0.25) is 0 Å². The van der Waals surface area contributed by atoms with E-state index in [2.05, 4.69) is 5.43 Å². The molecule has 0 spiro atoms. The molecular weight excluding hydrogens is 437 g/mol. The lowest BCUT2D eigenvalue weighted by Gasteiger charge is -2.31. The van der Waals surface area contributed by atoms with Gasteiger partial charge in [-0.3, -0.25) is 4.79 Å². The molecule has 0 aromatic heterocycles. The predicted molar refractivity (Wildman–Crippen MR) is 100 cm³/mol. The highest BCUT2D eigenvalue weighted by Gasteiger charge is 2.35. The van der Waals surface area contributed by atoms with Gasteiger partial charge in [-0.05, 0) is 17.7 Å². The third-order valence-electron chi connectivity index (χ3n) is 3.72. The summed E-state index contributed by atoms with van der Waals surface area (Å²) in [5, 5.41) is 11.3. The van der Waals surface area contributed by atoms with Crippen molar-refractivity contribution in [3.05, 3.63) is 35.9 Å². The third kappa shape index (κ3) is 6.39. The Morgan fingerprint density at radius 3 is 2.54 bits per heavy atom. The van der Waals surface area contributed by atoms with E-state index in [0.717, 1.165) is 4.90 Å². The number of imide groups is 1. The number of nitrogens with one attached hydrogen (secondary N) is 1. The van der Waals surface area contributed by atoms with Gasteiger partial charge in [0.1, 0.15) is 6.61 Å². The van der Waals surface area contributed by atoms with Gasteiger partial charge in [0.15, 0.2) is 0 Å². The molecule has 28 heavy (non-hydrogen) atoms. The molecule has 1 saturated heterocycles. The molecule has 1 aromatic carbocycles. The molecule has 1 fully saturated rings. The van der Waals surface area contributed by atoms with Crippen LogP contribution in [0.15, 0.2) is 30.3 Å². The van der Waals surface area contributed by atoms with E-state index in [1.807, 2.05) is 0 Å². The van der Waals surface area contributed by atoms with Crippen LogP contribution in [-0.2, 0) is 14.4 Å². The van der Waals surface area contributed by atoms with Gasteiger partial charge in [-0.15, -0.1) is 0 Å². The maximum Gasteiger partial charge on any atom is 0.418 e. The van der Waals surface area contributed by atoms with Crippen molar-refractivity contribution < 1.29 is 29.1 Å². The number of hydrogen-bond acceptors (Lipinski definition) is 7. The minimum Gasteiger partial charge on any atom is -0.447 e. The molecule has 0 radical (unpaired) electrons. The summed E-state index contributed by atoms with van der Waals surface area (Å²) in [7, 11) is 0. The second-order valence-corrected chi connectivity index (χ2v) is 8.38. The number of cyclic esters (lactones) is 1. The Labute approximate surface area is 175 Å². The van der Waals surface area contributed by atoms with E-state index < -0.39 is 40.5 Å². The monoisotopic (exact) mass is 453 g/mol. The van der Waals surface area contributed by atoms with Crippen LogP contribution >= 0.6 is 34.8 Å². The summed E-state index contributed by atoms with van der Waals surface area (Å²) in [6.45, 7) is 1.56. The molecule has 2 N–H and O–H groups in total. The number of amides is 3. The SMILES string of the molecule is C[C@H]([C@@H](O)c1ccccc1)N(NC(=O)N1CCOC1=O)OC(=O)CC(Cl)(Cl)Cl. The first-order valence-corrected chi connectivity index (χ1v) is 9.26. The van der Waals surface area contributed by atoms with Crippen LogP contribution in [0.1, 0.15) is 25.0 Å². The largest absolute Gasteiger partial charge is 0.447 e. The number of alkyl halides is 3. The van der Waals surface area contributed by atoms with Crippen LogP contribution in [0, 0.1) is 0 Å². The van der Waals surface area contributed by atoms with Crippen LogP contribution < -0.4 is 5.43 Å². The topological polar surface area (TPSA) is 108 Å². The number of carbonyl (C=O) groups is 3. The van der Waals surface area contributed by atoms with Crippen molar-refractivity contribution in [3.8, 4) is 0 Å². The lowest BCUT2D eigenvalue weighted by atomic mass is 10.0. The second-order valence-electron chi connectivity index (χ2n) is 5.86. The minimum absolute atomic E-state index is 0.0240. The van der Waals surface area contributed by atoms with Gasteiger partial charge >= 0.3 is 18.1 Å². The van der Waals surface area contributed by atoms with Gasteiger partial charge in [-0.25, -0.2) is 19.9 Å². The van der Waals surface area contributed by atoms with Gasteiger partial charge < -0.3 is 14.7 Å². The van der Waals surface area contributed by atoms with Crippen molar-refractivity contribution in [2.75, 3.05) is 13.2 Å². The minimum atomic E-state index is -1.91. The molecule has 0 aliphatic carbocycles. The van der Waals surface area contributed by atoms with Crippen LogP contribution in [0.5, 0.6) is 0 Å². The average Bonchev–Trinajstić information content (AvgIpc) is 3.05. The van der Waals surface area contributed by atoms with Crippen molar-refractivity contribution in [3.63, 3.8) is 0 Å². The molecule has 2 atom stereocenters. The standard InChI is InChI=1S/C16H18Cl3N3O6/c1-10(13(24)11-5-3-2-4-6-11)22(28-12(23)9-16(17,18)19)20-14(25)21-7-8-27-15(21)26/h2-6,10,13,24H,7-9H2,1H3,(H,20,25)/t10-,13-/m1/s1. The fourth-order valence-electron chi connectivity index (χ4n) is 2.30. The van der Waals surface area contributed by atoms with Crippen LogP contribution in [0.25, 0.3) is 0 Å². The summed E-state index contributed by atoms with van der Waals surface area (Å²) < 4.78 is 2.78. The number of halogens is 3. The molecule has 0 bridgehead atoms. The zero-order valence-corrected chi connectivity index (χ0v) is 16.9. The number of nitrogens with zero attached hydrogens (tertiary/aromatic N) is 2. The van der Waals surface area contributed by atoms with E-state index >= 15 is 0 Å². The summed E-state index contributed by atoms with van der Waals surface area (Å²) in [6, 6.07) is 6.64. The lowest BCUT2D eigenvalue weighted by molar-refractivity contribution is -0.224. The molecular formula is C16H18Cl3N3O6. The molecule has 1 aliphatic heterocycles. The molecule has 9 nitrogen and oxygen atoms in total. The Morgan fingerprint density at radius 2 is 2.00 bits per heavy atom. The number of hydrazine groups is 1. The number of aliphatic hydroxyl groups excluding tert-OH is 1. The molecule has 12 heteroatoms. The maximum atomic E-state index is 12.3. The number of aliphatic hydroxyl groups is 1. The number of hydroxylamine groups is 1. The number of ether oxygens (including phenoxy) is 1. The third-order valence-corrected chi connectivity index (χ3v) is 4.13. The van der Waals surface area contributed by atoms with Gasteiger partial charge in [0, 0.05) is 0 Å². The maximum absolute atomic E-state index is 12.3. The van der Waals surface area contributed by atoms with Gasteiger partial charge in [0.05, 0.1) is 25.1 Å². The number of carbonyl (C=O) groups excluding carboxylic acids is 3. The first kappa shape index (κ1) is 22.5. The van der Waals surface area contributed by atoms with Crippen molar-refractivity contribution in [1.82, 2.24) is 15.5 Å². The fourth-order valence-corrected chi connectivity index (χ4v) is 2.63. The van der Waals surface area contributed by atoms with Gasteiger partial charge in [-0.2, -0.15) is 0 Å². The zero-order valence-electron chi connectivity index (χ0n) is 14.7. The van der Waals surface area contributed by atoms with Gasteiger partial charge in [0.2, 0.25) is 3.79 Å². The first-order valence-electron chi connectivity index (χ1n) is 8.13. The summed E-state index contributed by atoms with van der Waals surface area (Å²) >= 11 is 16.7. The smallest absolute Gasteiger partial charge is 0.418 e. The van der Waals surface area contributed by atoms with E-state index in [-0.39, 0.29) is 13.2 Å². The predicted octanol–water partition coefficient (Wildman–Crippen LogP) is 2.71. The Hall–Kier alpha value is -1.78. The van der Waals surface area contributed by atoms with E-state index in [0.29, 0.717) is 10.7 Å². The summed E-state index contributed by atoms with van der Waals surface area (Å²) in [4.78, 5) is 41.8. The van der Waals surface area contributed by atoms with Crippen molar-refractivity contribution in [2.24, 2.45) is 0 Å². The van der Waals surface area contributed by atoms with Crippen molar-refractivity contribution >= 4 is 52.9 Å². The highest BCUT2D eigenvalue weighted by molar-refractivity contribution is 6.68. The highest BCUT2D eigenvalue weighted by Crippen LogP contribution is 2.30.